The van der Waals surface area contributed by atoms with Crippen LogP contribution in [0.1, 0.15) is 45.8 Å². The molecule has 0 unspecified atom stereocenters. The standard InChI is InChI=1S/C29H29ClN2O4/c30-25-11-3-21(4-12-25)19-27(29(35)31-16-17-33)32-28(34)24-9-13-26(14-10-24)36-18-15-20-1-5-22(6-2-20)23-7-8-23/h1-6,9-14,19,23,33H,7-8,15-18H2,(H,31,35)(H,32,34). The SMILES string of the molecule is O=C(NCCO)C(=Cc1ccc(Cl)cc1)NC(=O)c1ccc(OCCc2ccc(C3CC3)cc2)cc1. The Bertz CT molecular complexity index is 1200. The van der Waals surface area contributed by atoms with E-state index in [4.69, 9.17) is 21.4 Å². The van der Waals surface area contributed by atoms with E-state index < -0.39 is 11.8 Å². The van der Waals surface area contributed by atoms with Gasteiger partial charge in [-0.3, -0.25) is 9.59 Å². The molecule has 0 aliphatic heterocycles. The number of benzene rings is 3. The van der Waals surface area contributed by atoms with E-state index in [2.05, 4.69) is 34.9 Å². The molecule has 0 radical (unpaired) electrons. The zero-order valence-corrected chi connectivity index (χ0v) is 20.6. The number of halogens is 1. The van der Waals surface area contributed by atoms with E-state index in [1.54, 1.807) is 54.6 Å². The quantitative estimate of drug-likeness (QED) is 0.330. The van der Waals surface area contributed by atoms with Gasteiger partial charge in [0.2, 0.25) is 0 Å². The zero-order chi connectivity index (χ0) is 25.3. The molecule has 4 rings (SSSR count). The van der Waals surface area contributed by atoms with Gasteiger partial charge in [0.25, 0.3) is 11.8 Å². The van der Waals surface area contributed by atoms with Crippen molar-refractivity contribution in [1.82, 2.24) is 10.6 Å². The minimum Gasteiger partial charge on any atom is -0.493 e. The van der Waals surface area contributed by atoms with Crippen LogP contribution in [0.5, 0.6) is 5.75 Å². The van der Waals surface area contributed by atoms with Crippen molar-refractivity contribution in [2.45, 2.75) is 25.2 Å². The highest BCUT2D eigenvalue weighted by Gasteiger charge is 2.22. The maximum Gasteiger partial charge on any atom is 0.267 e. The first kappa shape index (κ1) is 25.5. The topological polar surface area (TPSA) is 87.7 Å². The van der Waals surface area contributed by atoms with E-state index in [-0.39, 0.29) is 18.8 Å². The fourth-order valence-electron chi connectivity index (χ4n) is 3.71. The van der Waals surface area contributed by atoms with Gasteiger partial charge in [-0.25, -0.2) is 0 Å². The van der Waals surface area contributed by atoms with Crippen molar-refractivity contribution in [3.05, 3.63) is 106 Å². The molecule has 186 valence electrons. The Balaban J connectivity index is 1.34. The number of aliphatic hydroxyl groups is 1. The Morgan fingerprint density at radius 1 is 0.972 bits per heavy atom. The Kier molecular flexibility index (Phi) is 8.76. The molecule has 1 aliphatic carbocycles. The van der Waals surface area contributed by atoms with Crippen molar-refractivity contribution in [2.24, 2.45) is 0 Å². The molecular weight excluding hydrogens is 476 g/mol. The van der Waals surface area contributed by atoms with Gasteiger partial charge in [-0.2, -0.15) is 0 Å². The molecule has 1 saturated carbocycles. The Morgan fingerprint density at radius 3 is 2.31 bits per heavy atom. The van der Waals surface area contributed by atoms with Gasteiger partial charge < -0.3 is 20.5 Å². The molecule has 0 aromatic heterocycles. The lowest BCUT2D eigenvalue weighted by atomic mass is 10.1. The highest BCUT2D eigenvalue weighted by Crippen LogP contribution is 2.39. The lowest BCUT2D eigenvalue weighted by molar-refractivity contribution is -0.117. The highest BCUT2D eigenvalue weighted by molar-refractivity contribution is 6.30. The van der Waals surface area contributed by atoms with Gasteiger partial charge in [-0.05, 0) is 77.9 Å². The molecule has 1 aliphatic rings. The summed E-state index contributed by atoms with van der Waals surface area (Å²) in [5.74, 6) is 0.484. The summed E-state index contributed by atoms with van der Waals surface area (Å²) < 4.78 is 5.85. The van der Waals surface area contributed by atoms with Gasteiger partial charge in [-0.15, -0.1) is 0 Å². The van der Waals surface area contributed by atoms with Crippen LogP contribution in [0.15, 0.2) is 78.5 Å². The summed E-state index contributed by atoms with van der Waals surface area (Å²) in [6.45, 7) is 0.401. The van der Waals surface area contributed by atoms with E-state index in [0.29, 0.717) is 28.5 Å². The third-order valence-corrected chi connectivity index (χ3v) is 6.13. The lowest BCUT2D eigenvalue weighted by Crippen LogP contribution is -2.36. The number of ether oxygens (including phenoxy) is 1. The molecule has 36 heavy (non-hydrogen) atoms. The van der Waals surface area contributed by atoms with Crippen LogP contribution in [0.3, 0.4) is 0 Å². The summed E-state index contributed by atoms with van der Waals surface area (Å²) in [5.41, 5.74) is 3.79. The first-order valence-corrected chi connectivity index (χ1v) is 12.4. The molecule has 0 bridgehead atoms. The Morgan fingerprint density at radius 2 is 1.67 bits per heavy atom. The average Bonchev–Trinajstić information content (AvgIpc) is 3.74. The van der Waals surface area contributed by atoms with Crippen LogP contribution in [0.25, 0.3) is 6.08 Å². The van der Waals surface area contributed by atoms with E-state index in [9.17, 15) is 9.59 Å². The monoisotopic (exact) mass is 504 g/mol. The molecule has 0 heterocycles. The highest BCUT2D eigenvalue weighted by atomic mass is 35.5. The van der Waals surface area contributed by atoms with Gasteiger partial charge in [0.1, 0.15) is 11.4 Å². The van der Waals surface area contributed by atoms with Crippen LogP contribution < -0.4 is 15.4 Å². The summed E-state index contributed by atoms with van der Waals surface area (Å²) in [4.78, 5) is 25.4. The first-order valence-electron chi connectivity index (χ1n) is 12.0. The largest absolute Gasteiger partial charge is 0.493 e. The molecule has 0 atom stereocenters. The van der Waals surface area contributed by atoms with Crippen LogP contribution in [0.2, 0.25) is 5.02 Å². The van der Waals surface area contributed by atoms with Crippen LogP contribution in [-0.2, 0) is 11.2 Å². The van der Waals surface area contributed by atoms with Crippen LogP contribution in [-0.4, -0.2) is 36.7 Å². The minimum atomic E-state index is -0.502. The number of amides is 2. The molecule has 3 aromatic rings. The van der Waals surface area contributed by atoms with Crippen molar-refractivity contribution in [3.8, 4) is 5.75 Å². The molecule has 0 saturated heterocycles. The number of carbonyl (C=O) groups excluding carboxylic acids is 2. The van der Waals surface area contributed by atoms with Gasteiger partial charge in [0.05, 0.1) is 13.2 Å². The molecule has 3 aromatic carbocycles. The Hall–Kier alpha value is -3.61. The van der Waals surface area contributed by atoms with Crippen molar-refractivity contribution in [2.75, 3.05) is 19.8 Å². The van der Waals surface area contributed by atoms with Crippen LogP contribution in [0, 0.1) is 0 Å². The third kappa shape index (κ3) is 7.44. The maximum absolute atomic E-state index is 12.8. The number of hydrogen-bond acceptors (Lipinski definition) is 4. The predicted octanol–water partition coefficient (Wildman–Crippen LogP) is 4.72. The van der Waals surface area contributed by atoms with Crippen molar-refractivity contribution >= 4 is 29.5 Å². The average molecular weight is 505 g/mol. The van der Waals surface area contributed by atoms with Crippen molar-refractivity contribution in [3.63, 3.8) is 0 Å². The second-order valence-corrected chi connectivity index (χ2v) is 9.12. The second-order valence-electron chi connectivity index (χ2n) is 8.68. The number of carbonyl (C=O) groups is 2. The van der Waals surface area contributed by atoms with E-state index >= 15 is 0 Å². The number of aliphatic hydroxyl groups excluding tert-OH is 1. The summed E-state index contributed by atoms with van der Waals surface area (Å²) in [6.07, 6.45) is 4.95. The number of hydrogen-bond donors (Lipinski definition) is 3. The smallest absolute Gasteiger partial charge is 0.267 e. The summed E-state index contributed by atoms with van der Waals surface area (Å²) in [6, 6.07) is 22.4. The van der Waals surface area contributed by atoms with Gasteiger partial charge in [0.15, 0.2) is 0 Å². The maximum atomic E-state index is 12.8. The second kappa shape index (κ2) is 12.4. The lowest BCUT2D eigenvalue weighted by Gasteiger charge is -2.11. The van der Waals surface area contributed by atoms with Crippen molar-refractivity contribution < 1.29 is 19.4 Å². The normalized spacial score (nSPS) is 13.2. The number of nitrogens with one attached hydrogen (secondary N) is 2. The molecular formula is C29H29ClN2O4. The van der Waals surface area contributed by atoms with Crippen LogP contribution >= 0.6 is 11.6 Å². The third-order valence-electron chi connectivity index (χ3n) is 5.88. The molecule has 7 heteroatoms. The minimum absolute atomic E-state index is 0.0591. The van der Waals surface area contributed by atoms with Gasteiger partial charge in [0, 0.05) is 23.6 Å². The summed E-state index contributed by atoms with van der Waals surface area (Å²) in [5, 5.41) is 14.8. The summed E-state index contributed by atoms with van der Waals surface area (Å²) in [7, 11) is 0. The first-order chi connectivity index (χ1) is 17.5. The fourth-order valence-corrected chi connectivity index (χ4v) is 3.83. The number of rotatable bonds is 11. The molecule has 2 amide bonds. The summed E-state index contributed by atoms with van der Waals surface area (Å²) >= 11 is 5.93. The Labute approximate surface area is 215 Å². The molecule has 3 N–H and O–H groups in total. The van der Waals surface area contributed by atoms with E-state index in [1.165, 1.54) is 24.0 Å². The predicted molar refractivity (Wildman–Crippen MR) is 141 cm³/mol. The van der Waals surface area contributed by atoms with Gasteiger partial charge >= 0.3 is 0 Å². The zero-order valence-electron chi connectivity index (χ0n) is 19.9. The van der Waals surface area contributed by atoms with Gasteiger partial charge in [-0.1, -0.05) is 48.0 Å². The van der Waals surface area contributed by atoms with Crippen LogP contribution in [0.4, 0.5) is 0 Å². The van der Waals surface area contributed by atoms with E-state index in [0.717, 1.165) is 12.3 Å². The van der Waals surface area contributed by atoms with E-state index in [1.807, 2.05) is 0 Å². The molecule has 6 nitrogen and oxygen atoms in total. The van der Waals surface area contributed by atoms with Crippen molar-refractivity contribution in [1.29, 1.82) is 0 Å². The fraction of sp³-hybridized carbons (Fsp3) is 0.241. The molecule has 1 fully saturated rings. The molecule has 0 spiro atoms.